The highest BCUT2D eigenvalue weighted by atomic mass is 32.1. The van der Waals surface area contributed by atoms with E-state index in [2.05, 4.69) is 53.1 Å². The number of nitrogens with zero attached hydrogens (tertiary/aromatic N) is 5. The van der Waals surface area contributed by atoms with Gasteiger partial charge in [-0.05, 0) is 79.2 Å². The van der Waals surface area contributed by atoms with Gasteiger partial charge in [-0.25, -0.2) is 14.6 Å². The molecular formula is C33H43N5O4S. The first-order valence-corrected chi connectivity index (χ1v) is 16.1. The van der Waals surface area contributed by atoms with E-state index in [0.29, 0.717) is 19.6 Å². The van der Waals surface area contributed by atoms with Crippen LogP contribution in [-0.4, -0.2) is 89.5 Å². The molecule has 9 nitrogen and oxygen atoms in total. The van der Waals surface area contributed by atoms with Gasteiger partial charge in [0.15, 0.2) is 0 Å². The molecule has 2 amide bonds. The number of aryl methyl sites for hydroxylation is 1. The lowest BCUT2D eigenvalue weighted by molar-refractivity contribution is 0.0211. The molecule has 0 aliphatic carbocycles. The van der Waals surface area contributed by atoms with E-state index in [1.165, 1.54) is 15.3 Å². The van der Waals surface area contributed by atoms with Gasteiger partial charge >= 0.3 is 12.2 Å². The van der Waals surface area contributed by atoms with Gasteiger partial charge in [-0.3, -0.25) is 0 Å². The number of likely N-dealkylation sites (tertiary alicyclic amines) is 1. The highest BCUT2D eigenvalue weighted by Crippen LogP contribution is 2.42. The third kappa shape index (κ3) is 6.25. The summed E-state index contributed by atoms with van der Waals surface area (Å²) in [4.78, 5) is 40.1. The Bertz CT molecular complexity index is 1520. The second-order valence-electron chi connectivity index (χ2n) is 13.9. The van der Waals surface area contributed by atoms with Gasteiger partial charge < -0.3 is 29.1 Å². The monoisotopic (exact) mass is 605 g/mol. The van der Waals surface area contributed by atoms with Crippen molar-refractivity contribution in [2.45, 2.75) is 78.2 Å². The summed E-state index contributed by atoms with van der Waals surface area (Å²) in [7, 11) is 0. The van der Waals surface area contributed by atoms with Gasteiger partial charge in [0.05, 0.1) is 27.6 Å². The third-order valence-electron chi connectivity index (χ3n) is 8.22. The number of amides is 2. The zero-order valence-corrected chi connectivity index (χ0v) is 27.2. The molecular weight excluding hydrogens is 562 g/mol. The Morgan fingerprint density at radius 1 is 0.860 bits per heavy atom. The van der Waals surface area contributed by atoms with E-state index < -0.39 is 11.2 Å². The van der Waals surface area contributed by atoms with Crippen LogP contribution in [0.1, 0.15) is 52.8 Å². The molecule has 3 aromatic rings. The third-order valence-corrected chi connectivity index (χ3v) is 9.28. The molecule has 0 saturated carbocycles. The molecule has 5 heterocycles. The van der Waals surface area contributed by atoms with Crippen LogP contribution in [-0.2, 0) is 9.47 Å². The minimum absolute atomic E-state index is 0.155. The molecule has 3 fully saturated rings. The van der Waals surface area contributed by atoms with E-state index in [9.17, 15) is 9.59 Å². The number of aromatic nitrogens is 1. The molecule has 10 heteroatoms. The van der Waals surface area contributed by atoms with E-state index in [0.717, 1.165) is 48.5 Å². The fraction of sp³-hybridized carbons (Fsp3) is 0.545. The zero-order valence-electron chi connectivity index (χ0n) is 26.3. The number of fused-ring (bicyclic) bond motifs is 3. The smallest absolute Gasteiger partial charge is 0.410 e. The van der Waals surface area contributed by atoms with E-state index >= 15 is 0 Å². The first-order valence-electron chi connectivity index (χ1n) is 15.2. The summed E-state index contributed by atoms with van der Waals surface area (Å²) in [5.74, 6) is 0. The number of hydrogen-bond acceptors (Lipinski definition) is 8. The first-order chi connectivity index (χ1) is 20.2. The summed E-state index contributed by atoms with van der Waals surface area (Å²) >= 11 is 1.79. The molecule has 6 rings (SSSR count). The van der Waals surface area contributed by atoms with Crippen LogP contribution in [0.3, 0.4) is 0 Å². The summed E-state index contributed by atoms with van der Waals surface area (Å²) in [6.07, 6.45) is 0.504. The van der Waals surface area contributed by atoms with Gasteiger partial charge in [-0.1, -0.05) is 12.1 Å². The number of pyridine rings is 1. The summed E-state index contributed by atoms with van der Waals surface area (Å²) in [6, 6.07) is 13.4. The van der Waals surface area contributed by atoms with Gasteiger partial charge in [0.1, 0.15) is 11.2 Å². The normalized spacial score (nSPS) is 20.7. The number of benzene rings is 1. The number of piperazine rings is 2. The van der Waals surface area contributed by atoms with Crippen LogP contribution in [0, 0.1) is 6.92 Å². The lowest BCUT2D eigenvalue weighted by atomic mass is 10.1. The van der Waals surface area contributed by atoms with Crippen molar-refractivity contribution in [1.82, 2.24) is 14.8 Å². The number of carbonyl (C=O) groups is 2. The van der Waals surface area contributed by atoms with Gasteiger partial charge in [-0.15, -0.1) is 11.3 Å². The fourth-order valence-electron chi connectivity index (χ4n) is 6.31. The Morgan fingerprint density at radius 2 is 1.51 bits per heavy atom. The molecule has 3 aliphatic rings. The minimum atomic E-state index is -0.497. The fourth-order valence-corrected chi connectivity index (χ4v) is 7.29. The zero-order chi connectivity index (χ0) is 30.7. The van der Waals surface area contributed by atoms with Gasteiger partial charge in [0.2, 0.25) is 0 Å². The maximum Gasteiger partial charge on any atom is 0.410 e. The number of anilines is 2. The van der Waals surface area contributed by atoms with Crippen LogP contribution in [0.25, 0.3) is 21.5 Å². The number of carbonyl (C=O) groups excluding carboxylic acids is 2. The van der Waals surface area contributed by atoms with Crippen molar-refractivity contribution in [3.63, 3.8) is 0 Å². The summed E-state index contributed by atoms with van der Waals surface area (Å²) in [5, 5.41) is 0. The van der Waals surface area contributed by atoms with Crippen molar-refractivity contribution >= 4 is 45.1 Å². The molecule has 2 aromatic heterocycles. The van der Waals surface area contributed by atoms with E-state index in [1.807, 2.05) is 46.4 Å². The van der Waals surface area contributed by atoms with Gasteiger partial charge in [-0.2, -0.15) is 0 Å². The molecule has 2 atom stereocenters. The topological polar surface area (TPSA) is 78.5 Å². The molecule has 0 radical (unpaired) electrons. The van der Waals surface area contributed by atoms with Gasteiger partial charge in [0.25, 0.3) is 0 Å². The van der Waals surface area contributed by atoms with Crippen molar-refractivity contribution in [3.05, 3.63) is 41.3 Å². The van der Waals surface area contributed by atoms with Crippen LogP contribution in [0.5, 0.6) is 0 Å². The van der Waals surface area contributed by atoms with Crippen LogP contribution in [0.4, 0.5) is 21.0 Å². The van der Waals surface area contributed by atoms with E-state index in [4.69, 9.17) is 14.5 Å². The molecule has 2 unspecified atom stereocenters. The van der Waals surface area contributed by atoms with Crippen molar-refractivity contribution in [2.75, 3.05) is 49.1 Å². The second kappa shape index (κ2) is 10.9. The standard InChI is InChI=1S/C33H43N5O4S/c1-21-16-27-29(43-21)28(37-19-25-17-24(37)20-38(25)31(40)42-33(5,6)7)18-26(34-27)22-8-10-23(11-9-22)35-12-14-36(15-13-35)30(39)41-32(2,3)4/h8-11,16,18,24-25H,12-15,17,19-20H2,1-7H3. The highest BCUT2D eigenvalue weighted by Gasteiger charge is 2.47. The van der Waals surface area contributed by atoms with E-state index in [1.54, 1.807) is 16.2 Å². The highest BCUT2D eigenvalue weighted by molar-refractivity contribution is 7.19. The minimum Gasteiger partial charge on any atom is -0.444 e. The van der Waals surface area contributed by atoms with Crippen LogP contribution < -0.4 is 9.80 Å². The maximum atomic E-state index is 12.8. The Hall–Kier alpha value is -3.53. The molecule has 0 spiro atoms. The molecule has 0 N–H and O–H groups in total. The lowest BCUT2D eigenvalue weighted by Crippen LogP contribution is -2.50. The predicted molar refractivity (Wildman–Crippen MR) is 172 cm³/mol. The number of hydrogen-bond donors (Lipinski definition) is 0. The predicted octanol–water partition coefficient (Wildman–Crippen LogP) is 6.53. The molecule has 1 aromatic carbocycles. The molecule has 3 saturated heterocycles. The molecule has 2 bridgehead atoms. The Balaban J connectivity index is 1.18. The Kier molecular flexibility index (Phi) is 7.47. The first kappa shape index (κ1) is 29.5. The number of thiophene rings is 1. The number of ether oxygens (including phenoxy) is 2. The van der Waals surface area contributed by atoms with Crippen molar-refractivity contribution < 1.29 is 19.1 Å². The van der Waals surface area contributed by atoms with Crippen LogP contribution in [0.2, 0.25) is 0 Å². The largest absolute Gasteiger partial charge is 0.444 e. The molecule has 43 heavy (non-hydrogen) atoms. The van der Waals surface area contributed by atoms with Crippen molar-refractivity contribution in [2.24, 2.45) is 0 Å². The Morgan fingerprint density at radius 3 is 2.12 bits per heavy atom. The molecule has 230 valence electrons. The van der Waals surface area contributed by atoms with Gasteiger partial charge in [0, 0.05) is 61.4 Å². The lowest BCUT2D eigenvalue weighted by Gasteiger charge is -2.37. The average molecular weight is 606 g/mol. The van der Waals surface area contributed by atoms with E-state index in [-0.39, 0.29) is 24.3 Å². The number of rotatable bonds is 3. The van der Waals surface area contributed by atoms with Crippen molar-refractivity contribution in [3.8, 4) is 11.3 Å². The van der Waals surface area contributed by atoms with Crippen LogP contribution in [0.15, 0.2) is 36.4 Å². The average Bonchev–Trinajstić information content (AvgIpc) is 3.64. The summed E-state index contributed by atoms with van der Waals surface area (Å²) in [6.45, 7) is 17.8. The maximum absolute atomic E-state index is 12.8. The molecule has 3 aliphatic heterocycles. The Labute approximate surface area is 258 Å². The second-order valence-corrected chi connectivity index (χ2v) is 15.2. The quantitative estimate of drug-likeness (QED) is 0.336. The van der Waals surface area contributed by atoms with Crippen molar-refractivity contribution in [1.29, 1.82) is 0 Å². The summed E-state index contributed by atoms with van der Waals surface area (Å²) in [5.41, 5.74) is 4.40. The SMILES string of the molecule is Cc1cc2nc(-c3ccc(N4CCN(C(=O)OC(C)(C)C)CC4)cc3)cc(N3CC4CC3CN4C(=O)OC(C)(C)C)c2s1. The summed E-state index contributed by atoms with van der Waals surface area (Å²) < 4.78 is 12.4. The van der Waals surface area contributed by atoms with Crippen LogP contribution >= 0.6 is 11.3 Å².